The van der Waals surface area contributed by atoms with Crippen molar-refractivity contribution in [3.63, 3.8) is 0 Å². The lowest BCUT2D eigenvalue weighted by Gasteiger charge is -2.49. The molecule has 2 aliphatic heterocycles. The number of aliphatic carboxylic acids is 1. The molecule has 3 amide bonds. The molecule has 0 aromatic heterocycles. The Morgan fingerprint density at radius 1 is 1.12 bits per heavy atom. The Morgan fingerprint density at radius 2 is 1.85 bits per heavy atom. The van der Waals surface area contributed by atoms with E-state index in [1.807, 2.05) is 62.6 Å². The van der Waals surface area contributed by atoms with Crippen molar-refractivity contribution in [1.29, 1.82) is 0 Å². The molecule has 258 valence electrons. The average Bonchev–Trinajstić information content (AvgIpc) is 3.02. The number of allylic oxidation sites excluding steroid dienone is 1. The van der Waals surface area contributed by atoms with Crippen LogP contribution in [0.3, 0.4) is 0 Å². The number of quaternary nitrogens is 1. The summed E-state index contributed by atoms with van der Waals surface area (Å²) in [5, 5.41) is 16.9. The molecule has 2 aromatic rings. The van der Waals surface area contributed by atoms with Crippen LogP contribution in [0.1, 0.15) is 27.2 Å². The minimum Gasteiger partial charge on any atom is -0.477 e. The summed E-state index contributed by atoms with van der Waals surface area (Å²) in [4.78, 5) is 63.9. The van der Waals surface area contributed by atoms with Crippen LogP contribution in [0.4, 0.5) is 4.79 Å². The van der Waals surface area contributed by atoms with Gasteiger partial charge in [-0.05, 0) is 55.3 Å². The maximum atomic E-state index is 13.1. The van der Waals surface area contributed by atoms with Crippen LogP contribution in [0.5, 0.6) is 0 Å². The van der Waals surface area contributed by atoms with Gasteiger partial charge in [0.2, 0.25) is 5.91 Å². The number of β-lactam (4-membered cyclic amide) rings is 1. The van der Waals surface area contributed by atoms with Gasteiger partial charge in [0.1, 0.15) is 29.3 Å². The van der Waals surface area contributed by atoms with Gasteiger partial charge in [-0.15, -0.1) is 23.5 Å². The molecule has 3 N–H and O–H groups in total. The number of nitrogens with zero attached hydrogens (tertiary/aromatic N) is 2. The highest BCUT2D eigenvalue weighted by atomic mass is 32.2. The molecule has 2 heterocycles. The summed E-state index contributed by atoms with van der Waals surface area (Å²) in [7, 11) is 4.00. The molecule has 0 bridgehead atoms. The highest BCUT2D eigenvalue weighted by molar-refractivity contribution is 8.00. The number of carboxylic acids is 1. The van der Waals surface area contributed by atoms with E-state index in [2.05, 4.69) is 10.6 Å². The van der Waals surface area contributed by atoms with Crippen LogP contribution in [0, 0.1) is 0 Å². The Bertz CT molecular complexity index is 1620. The first-order valence-corrected chi connectivity index (χ1v) is 17.6. The van der Waals surface area contributed by atoms with E-state index in [1.54, 1.807) is 26.8 Å². The van der Waals surface area contributed by atoms with Crippen LogP contribution in [-0.4, -0.2) is 113 Å². The minimum absolute atomic E-state index is 0.0618. The molecule has 0 saturated carbocycles. The number of carboxylic acid groups (broad SMARTS) is 1. The van der Waals surface area contributed by atoms with Gasteiger partial charge in [0.15, 0.2) is 0 Å². The molecule has 2 aromatic carbocycles. The van der Waals surface area contributed by atoms with Crippen molar-refractivity contribution < 1.29 is 43.0 Å². The second-order valence-electron chi connectivity index (χ2n) is 13.1. The normalized spacial score (nSPS) is 17.9. The molecule has 2 aliphatic rings. The predicted molar refractivity (Wildman–Crippen MR) is 185 cm³/mol. The van der Waals surface area contributed by atoms with Crippen molar-refractivity contribution in [2.24, 2.45) is 0 Å². The lowest BCUT2D eigenvalue weighted by molar-refractivity contribution is -0.884. The number of hydrogen-bond donors (Lipinski definition) is 3. The molecule has 14 heteroatoms. The summed E-state index contributed by atoms with van der Waals surface area (Å²) < 4.78 is 10.8. The third-order valence-electron chi connectivity index (χ3n) is 7.47. The van der Waals surface area contributed by atoms with Gasteiger partial charge in [0.25, 0.3) is 5.91 Å². The monoisotopic (exact) mass is 699 g/mol. The molecule has 0 radical (unpaired) electrons. The first-order chi connectivity index (χ1) is 22.6. The summed E-state index contributed by atoms with van der Waals surface area (Å²) in [6, 6.07) is 13.2. The maximum absolute atomic E-state index is 13.1. The van der Waals surface area contributed by atoms with Crippen molar-refractivity contribution in [2.75, 3.05) is 51.8 Å². The summed E-state index contributed by atoms with van der Waals surface area (Å²) in [6.45, 7) is 6.32. The van der Waals surface area contributed by atoms with Crippen LogP contribution in [0.15, 0.2) is 70.8 Å². The predicted octanol–water partition coefficient (Wildman–Crippen LogP) is 3.76. The molecule has 48 heavy (non-hydrogen) atoms. The van der Waals surface area contributed by atoms with Gasteiger partial charge in [-0.1, -0.05) is 36.4 Å². The van der Waals surface area contributed by atoms with E-state index < -0.39 is 41.0 Å². The highest BCUT2D eigenvalue weighted by Crippen LogP contribution is 2.40. The lowest BCUT2D eigenvalue weighted by atomic mass is 10.0. The van der Waals surface area contributed by atoms with Gasteiger partial charge in [-0.25, -0.2) is 9.59 Å². The smallest absolute Gasteiger partial charge is 0.408 e. The van der Waals surface area contributed by atoms with E-state index in [4.69, 9.17) is 9.47 Å². The number of amides is 3. The number of benzene rings is 2. The molecule has 0 aliphatic carbocycles. The summed E-state index contributed by atoms with van der Waals surface area (Å²) >= 11 is 2.80. The number of nitrogens with one attached hydrogen (secondary N) is 2. The second kappa shape index (κ2) is 15.9. The molecule has 12 nitrogen and oxygen atoms in total. The minimum atomic E-state index is -1.19. The quantitative estimate of drug-likeness (QED) is 0.0875. The summed E-state index contributed by atoms with van der Waals surface area (Å²) in [6.07, 6.45) is 3.51. The SMILES string of the molecule is CC(C)(C)OC(=O)NCC(=O)OCCC[N+](C)(C)CC=CC1=C(C(=O)O)N2C(=O)[C@@H](NC(=O)CSc3ccc4ccccc4c3)[C@H]2SC1. The summed E-state index contributed by atoms with van der Waals surface area (Å²) in [5.41, 5.74) is -0.197. The van der Waals surface area contributed by atoms with E-state index in [1.165, 1.54) is 28.4 Å². The Kier molecular flexibility index (Phi) is 12.2. The number of carbonyl (C=O) groups excluding carboxylic acids is 4. The van der Waals surface area contributed by atoms with E-state index in [0.29, 0.717) is 35.3 Å². The Hall–Kier alpha value is -4.01. The third-order valence-corrected chi connectivity index (χ3v) is 9.77. The number of likely N-dealkylation sites (N-methyl/N-ethyl adjacent to an activating group) is 1. The molecule has 1 fully saturated rings. The highest BCUT2D eigenvalue weighted by Gasteiger charge is 2.53. The maximum Gasteiger partial charge on any atom is 0.408 e. The lowest BCUT2D eigenvalue weighted by Crippen LogP contribution is -2.70. The fourth-order valence-electron chi connectivity index (χ4n) is 5.15. The Morgan fingerprint density at radius 3 is 2.56 bits per heavy atom. The number of esters is 1. The molecule has 2 atom stereocenters. The van der Waals surface area contributed by atoms with E-state index >= 15 is 0 Å². The van der Waals surface area contributed by atoms with Gasteiger partial charge >= 0.3 is 18.0 Å². The van der Waals surface area contributed by atoms with E-state index in [9.17, 15) is 29.1 Å². The van der Waals surface area contributed by atoms with Crippen molar-refractivity contribution in [3.8, 4) is 0 Å². The number of ether oxygens (including phenoxy) is 2. The number of rotatable bonds is 14. The van der Waals surface area contributed by atoms with Gasteiger partial charge in [-0.2, -0.15) is 0 Å². The largest absolute Gasteiger partial charge is 0.477 e. The number of alkyl carbamates (subject to hydrolysis) is 1. The molecular weight excluding hydrogens is 657 g/mol. The van der Waals surface area contributed by atoms with Gasteiger partial charge in [0, 0.05) is 17.1 Å². The molecular formula is C34H43N4O8S2+. The van der Waals surface area contributed by atoms with E-state index in [0.717, 1.165) is 15.7 Å². The topological polar surface area (TPSA) is 151 Å². The average molecular weight is 700 g/mol. The summed E-state index contributed by atoms with van der Waals surface area (Å²) in [5.74, 6) is -1.96. The third kappa shape index (κ3) is 10.2. The van der Waals surface area contributed by atoms with Crippen LogP contribution < -0.4 is 10.6 Å². The second-order valence-corrected chi connectivity index (χ2v) is 15.3. The standard InChI is InChI=1S/C34H42N4O8S2/c1-34(2,3)46-33(44)35-19-27(40)45-17-9-16-38(4,5)15-8-12-24-20-48-31-28(30(41)37(31)29(24)32(42)43)36-26(39)21-47-25-14-13-22-10-6-7-11-23(22)18-25/h6-8,10-14,18,28,31H,9,15-17,19-21H2,1-5H3,(H2-,35,36,39,42,43,44)/p+1/t28-,31-/m1/s1. The van der Waals surface area contributed by atoms with Crippen molar-refractivity contribution in [2.45, 2.75) is 49.1 Å². The Balaban J connectivity index is 1.22. The number of thioether (sulfide) groups is 2. The van der Waals surface area contributed by atoms with Crippen LogP contribution >= 0.6 is 23.5 Å². The molecule has 1 saturated heterocycles. The number of fused-ring (bicyclic) bond motifs is 2. The van der Waals surface area contributed by atoms with Crippen LogP contribution in [-0.2, 0) is 28.7 Å². The van der Waals surface area contributed by atoms with Gasteiger partial charge in [-0.3, -0.25) is 19.3 Å². The Labute approximate surface area is 288 Å². The molecule has 0 unspecified atom stereocenters. The number of carbonyl (C=O) groups is 5. The first-order valence-electron chi connectivity index (χ1n) is 15.6. The first kappa shape index (κ1) is 36.8. The molecule has 0 spiro atoms. The van der Waals surface area contributed by atoms with Crippen molar-refractivity contribution in [1.82, 2.24) is 15.5 Å². The van der Waals surface area contributed by atoms with E-state index in [-0.39, 0.29) is 30.5 Å². The van der Waals surface area contributed by atoms with Gasteiger partial charge in [0.05, 0.1) is 39.5 Å². The zero-order chi connectivity index (χ0) is 35.1. The van der Waals surface area contributed by atoms with Crippen LogP contribution in [0.25, 0.3) is 10.8 Å². The fraction of sp³-hybridized carbons (Fsp3) is 0.441. The van der Waals surface area contributed by atoms with Gasteiger partial charge < -0.3 is 29.7 Å². The number of hydrogen-bond acceptors (Lipinski definition) is 9. The molecule has 4 rings (SSSR count). The van der Waals surface area contributed by atoms with Crippen molar-refractivity contribution in [3.05, 3.63) is 65.9 Å². The van der Waals surface area contributed by atoms with Crippen LogP contribution in [0.2, 0.25) is 0 Å². The fourth-order valence-corrected chi connectivity index (χ4v) is 7.23. The zero-order valence-electron chi connectivity index (χ0n) is 27.8. The zero-order valence-corrected chi connectivity index (χ0v) is 29.4. The van der Waals surface area contributed by atoms with Crippen molar-refractivity contribution >= 4 is 64.1 Å².